The molecule has 0 bridgehead atoms. The van der Waals surface area contributed by atoms with Gasteiger partial charge in [-0.05, 0) is 35.0 Å². The quantitative estimate of drug-likeness (QED) is 0.645. The van der Waals surface area contributed by atoms with Crippen molar-refractivity contribution < 1.29 is 9.53 Å². The van der Waals surface area contributed by atoms with Crippen molar-refractivity contribution in [1.82, 2.24) is 20.2 Å². The lowest BCUT2D eigenvalue weighted by atomic mass is 10.1. The number of rotatable bonds is 7. The lowest BCUT2D eigenvalue weighted by Gasteiger charge is -2.17. The Morgan fingerprint density at radius 3 is 2.62 bits per heavy atom. The van der Waals surface area contributed by atoms with Gasteiger partial charge in [0, 0.05) is 7.05 Å². The van der Waals surface area contributed by atoms with Crippen molar-refractivity contribution in [2.24, 2.45) is 7.05 Å². The van der Waals surface area contributed by atoms with Gasteiger partial charge in [0.1, 0.15) is 11.0 Å². The number of ether oxygens (including phenoxy) is 1. The summed E-state index contributed by atoms with van der Waals surface area (Å²) < 4.78 is 7.13. The molecule has 3 rings (SSSR count). The summed E-state index contributed by atoms with van der Waals surface area (Å²) in [6.45, 7) is 2.43. The van der Waals surface area contributed by atoms with Crippen LogP contribution in [0.1, 0.15) is 17.7 Å². The smallest absolute Gasteiger partial charge is 0.242 e. The molecule has 0 saturated carbocycles. The molecule has 0 spiro atoms. The summed E-state index contributed by atoms with van der Waals surface area (Å²) in [7, 11) is 1.74. The fraction of sp³-hybridized carbons (Fsp3) is 0.222. The van der Waals surface area contributed by atoms with Gasteiger partial charge in [-0.25, -0.2) is 4.68 Å². The summed E-state index contributed by atoms with van der Waals surface area (Å²) in [5, 5.41) is 14.5. The molecule has 8 heteroatoms. The summed E-state index contributed by atoms with van der Waals surface area (Å²) in [5.41, 5.74) is 1.50. The third kappa shape index (κ3) is 4.20. The van der Waals surface area contributed by atoms with E-state index in [1.165, 1.54) is 11.8 Å². The summed E-state index contributed by atoms with van der Waals surface area (Å²) in [6.07, 6.45) is 0. The van der Waals surface area contributed by atoms with Crippen LogP contribution in [0.15, 0.2) is 59.8 Å². The van der Waals surface area contributed by atoms with E-state index in [9.17, 15) is 4.79 Å². The van der Waals surface area contributed by atoms with Crippen molar-refractivity contribution >= 4 is 23.4 Å². The molecule has 7 nitrogen and oxygen atoms in total. The third-order valence-electron chi connectivity index (χ3n) is 3.59. The average molecular weight is 369 g/mol. The van der Waals surface area contributed by atoms with Gasteiger partial charge >= 0.3 is 0 Å². The van der Waals surface area contributed by atoms with Crippen LogP contribution < -0.4 is 10.1 Å². The molecular weight excluding hydrogens is 350 g/mol. The zero-order chi connectivity index (χ0) is 18.4. The van der Waals surface area contributed by atoms with Crippen molar-refractivity contribution in [3.05, 3.63) is 60.2 Å². The summed E-state index contributed by atoms with van der Waals surface area (Å²) in [5.74, 6) is 0.469. The van der Waals surface area contributed by atoms with Crippen LogP contribution in [0.5, 0.6) is 5.75 Å². The van der Waals surface area contributed by atoms with Crippen molar-refractivity contribution in [1.29, 1.82) is 0 Å². The maximum absolute atomic E-state index is 13.0. The van der Waals surface area contributed by atoms with Crippen LogP contribution in [0.25, 0.3) is 0 Å². The number of amides is 1. The van der Waals surface area contributed by atoms with Crippen LogP contribution >= 0.6 is 11.8 Å². The monoisotopic (exact) mass is 369 g/mol. The standard InChI is InChI=1S/C18H19N5O2S/c1-3-25-15-12-8-7-11-14(15)19-17(24)16(13-9-5-4-6-10-13)26-18-20-21-22-23(18)2/h4-12,16H,3H2,1-2H3,(H,19,24)/t16-/m0/s1. The highest BCUT2D eigenvalue weighted by Gasteiger charge is 2.25. The van der Waals surface area contributed by atoms with E-state index in [0.717, 1.165) is 5.56 Å². The first kappa shape index (κ1) is 17.9. The van der Waals surface area contributed by atoms with E-state index >= 15 is 0 Å². The number of nitrogens with one attached hydrogen (secondary N) is 1. The van der Waals surface area contributed by atoms with Gasteiger partial charge in [0.05, 0.1) is 12.3 Å². The number of aromatic nitrogens is 4. The SMILES string of the molecule is CCOc1ccccc1NC(=O)[C@@H](Sc1nnnn1C)c1ccccc1. The normalized spacial score (nSPS) is 11.8. The molecule has 0 unspecified atom stereocenters. The van der Waals surface area contributed by atoms with Crippen LogP contribution in [0.2, 0.25) is 0 Å². The second kappa shape index (κ2) is 8.48. The molecule has 1 amide bonds. The number of carbonyl (C=O) groups is 1. The lowest BCUT2D eigenvalue weighted by molar-refractivity contribution is -0.115. The van der Waals surface area contributed by atoms with Crippen molar-refractivity contribution in [3.63, 3.8) is 0 Å². The molecular formula is C18H19N5O2S. The molecule has 0 aliphatic carbocycles. The number of nitrogens with zero attached hydrogens (tertiary/aromatic N) is 4. The van der Waals surface area contributed by atoms with Gasteiger partial charge in [-0.3, -0.25) is 4.79 Å². The Labute approximate surface area is 155 Å². The predicted molar refractivity (Wildman–Crippen MR) is 100 cm³/mol. The zero-order valence-electron chi connectivity index (χ0n) is 14.5. The number of carbonyl (C=O) groups excluding carboxylic acids is 1. The second-order valence-electron chi connectivity index (χ2n) is 5.41. The summed E-state index contributed by atoms with van der Waals surface area (Å²) >= 11 is 1.30. The predicted octanol–water partition coefficient (Wildman–Crippen LogP) is 3.08. The maximum atomic E-state index is 13.0. The molecule has 1 aromatic heterocycles. The van der Waals surface area contributed by atoms with Crippen molar-refractivity contribution in [3.8, 4) is 5.75 Å². The van der Waals surface area contributed by atoms with Crippen LogP contribution in [0, 0.1) is 0 Å². The van der Waals surface area contributed by atoms with Crippen molar-refractivity contribution in [2.75, 3.05) is 11.9 Å². The van der Waals surface area contributed by atoms with Gasteiger partial charge in [-0.2, -0.15) is 0 Å². The average Bonchev–Trinajstić information content (AvgIpc) is 3.07. The largest absolute Gasteiger partial charge is 0.492 e. The first-order valence-corrected chi connectivity index (χ1v) is 9.03. The Kier molecular flexibility index (Phi) is 5.85. The summed E-state index contributed by atoms with van der Waals surface area (Å²) in [4.78, 5) is 13.0. The van der Waals surface area contributed by atoms with E-state index in [2.05, 4.69) is 20.8 Å². The molecule has 0 radical (unpaired) electrons. The number of anilines is 1. The molecule has 1 heterocycles. The molecule has 3 aromatic rings. The fourth-order valence-corrected chi connectivity index (χ4v) is 3.32. The van der Waals surface area contributed by atoms with E-state index in [1.807, 2.05) is 61.5 Å². The minimum absolute atomic E-state index is 0.170. The van der Waals surface area contributed by atoms with Crippen molar-refractivity contribution in [2.45, 2.75) is 17.3 Å². The Morgan fingerprint density at radius 1 is 1.19 bits per heavy atom. The van der Waals surface area contributed by atoms with E-state index < -0.39 is 5.25 Å². The number of aryl methyl sites for hydroxylation is 1. The Balaban J connectivity index is 1.87. The van der Waals surface area contributed by atoms with Crippen LogP contribution in [0.4, 0.5) is 5.69 Å². The molecule has 1 N–H and O–H groups in total. The lowest BCUT2D eigenvalue weighted by Crippen LogP contribution is -2.20. The van der Waals surface area contributed by atoms with Gasteiger partial charge < -0.3 is 10.1 Å². The van der Waals surface area contributed by atoms with Gasteiger partial charge in [-0.15, -0.1) is 5.10 Å². The Bertz CT molecular complexity index is 869. The minimum atomic E-state index is -0.504. The van der Waals surface area contributed by atoms with Gasteiger partial charge in [0.25, 0.3) is 0 Å². The van der Waals surface area contributed by atoms with E-state index in [-0.39, 0.29) is 5.91 Å². The topological polar surface area (TPSA) is 81.9 Å². The van der Waals surface area contributed by atoms with E-state index in [4.69, 9.17) is 4.74 Å². The highest BCUT2D eigenvalue weighted by atomic mass is 32.2. The molecule has 0 aliphatic rings. The molecule has 134 valence electrons. The van der Waals surface area contributed by atoms with Crippen LogP contribution in [-0.2, 0) is 11.8 Å². The van der Waals surface area contributed by atoms with Gasteiger partial charge in [0.2, 0.25) is 11.1 Å². The van der Waals surface area contributed by atoms with E-state index in [0.29, 0.717) is 23.2 Å². The Morgan fingerprint density at radius 2 is 1.92 bits per heavy atom. The molecule has 1 atom stereocenters. The van der Waals surface area contributed by atoms with Gasteiger partial charge in [-0.1, -0.05) is 54.2 Å². The molecule has 0 fully saturated rings. The number of benzene rings is 2. The fourth-order valence-electron chi connectivity index (χ4n) is 2.38. The van der Waals surface area contributed by atoms with Crippen LogP contribution in [0.3, 0.4) is 0 Å². The zero-order valence-corrected chi connectivity index (χ0v) is 15.3. The maximum Gasteiger partial charge on any atom is 0.242 e. The molecule has 0 saturated heterocycles. The van der Waals surface area contributed by atoms with Gasteiger partial charge in [0.15, 0.2) is 0 Å². The first-order chi connectivity index (χ1) is 12.7. The first-order valence-electron chi connectivity index (χ1n) is 8.15. The number of thioether (sulfide) groups is 1. The minimum Gasteiger partial charge on any atom is -0.492 e. The number of tetrazole rings is 1. The second-order valence-corrected chi connectivity index (χ2v) is 6.48. The van der Waals surface area contributed by atoms with Crippen LogP contribution in [-0.4, -0.2) is 32.7 Å². The number of hydrogen-bond donors (Lipinski definition) is 1. The molecule has 26 heavy (non-hydrogen) atoms. The highest BCUT2D eigenvalue weighted by molar-refractivity contribution is 8.00. The summed E-state index contributed by atoms with van der Waals surface area (Å²) in [6, 6.07) is 16.9. The molecule has 0 aliphatic heterocycles. The molecule has 2 aromatic carbocycles. The number of hydrogen-bond acceptors (Lipinski definition) is 6. The van der Waals surface area contributed by atoms with E-state index in [1.54, 1.807) is 11.7 Å². The third-order valence-corrected chi connectivity index (χ3v) is 4.87. The Hall–Kier alpha value is -2.87. The number of para-hydroxylation sites is 2. The highest BCUT2D eigenvalue weighted by Crippen LogP contribution is 2.35.